The SMILES string of the molecule is Cc1cc2c(cc1-c1ccc(/C(=C/C(N)c3ccccc3)NCc3ccccc3)c3ccccc13)sc1ccccc12. The highest BCUT2D eigenvalue weighted by Gasteiger charge is 2.16. The third kappa shape index (κ3) is 4.98. The van der Waals surface area contributed by atoms with Gasteiger partial charge in [0.15, 0.2) is 0 Å². The van der Waals surface area contributed by atoms with Gasteiger partial charge in [-0.25, -0.2) is 0 Å². The van der Waals surface area contributed by atoms with Crippen molar-refractivity contribution in [3.8, 4) is 11.1 Å². The van der Waals surface area contributed by atoms with E-state index < -0.39 is 0 Å². The second-order valence-corrected chi connectivity index (χ2v) is 11.9. The Hall–Kier alpha value is -4.70. The van der Waals surface area contributed by atoms with E-state index in [0.717, 1.165) is 16.8 Å². The maximum Gasteiger partial charge on any atom is 0.0504 e. The summed E-state index contributed by atoms with van der Waals surface area (Å²) in [4.78, 5) is 0. The highest BCUT2D eigenvalue weighted by molar-refractivity contribution is 7.25. The highest BCUT2D eigenvalue weighted by atomic mass is 32.1. The molecule has 0 amide bonds. The molecule has 2 nitrogen and oxygen atoms in total. The predicted molar refractivity (Wildman–Crippen MR) is 182 cm³/mol. The van der Waals surface area contributed by atoms with E-state index in [4.69, 9.17) is 5.73 Å². The minimum absolute atomic E-state index is 0.236. The summed E-state index contributed by atoms with van der Waals surface area (Å²) in [5.41, 5.74) is 15.1. The van der Waals surface area contributed by atoms with E-state index in [1.54, 1.807) is 0 Å². The summed E-state index contributed by atoms with van der Waals surface area (Å²) in [5, 5.41) is 8.85. The van der Waals surface area contributed by atoms with Gasteiger partial charge in [0.2, 0.25) is 0 Å². The summed E-state index contributed by atoms with van der Waals surface area (Å²) in [7, 11) is 0. The van der Waals surface area contributed by atoms with E-state index in [2.05, 4.69) is 134 Å². The first-order chi connectivity index (χ1) is 20.7. The summed E-state index contributed by atoms with van der Waals surface area (Å²) in [6, 6.07) is 47.3. The van der Waals surface area contributed by atoms with Crippen molar-refractivity contribution in [2.45, 2.75) is 19.5 Å². The number of benzene rings is 6. The summed E-state index contributed by atoms with van der Waals surface area (Å²) in [5.74, 6) is 0. The van der Waals surface area contributed by atoms with Crippen molar-refractivity contribution < 1.29 is 0 Å². The Morgan fingerprint density at radius 2 is 1.33 bits per heavy atom. The number of nitrogens with two attached hydrogens (primary N) is 1. The van der Waals surface area contributed by atoms with E-state index in [9.17, 15) is 0 Å². The molecule has 0 aliphatic carbocycles. The van der Waals surface area contributed by atoms with E-state index in [1.807, 2.05) is 29.5 Å². The Balaban J connectivity index is 1.36. The maximum absolute atomic E-state index is 6.76. The van der Waals surface area contributed by atoms with Gasteiger partial charge in [-0.1, -0.05) is 115 Å². The Morgan fingerprint density at radius 1 is 0.667 bits per heavy atom. The number of thiophene rings is 1. The van der Waals surface area contributed by atoms with Crippen molar-refractivity contribution in [1.29, 1.82) is 0 Å². The molecule has 3 heteroatoms. The first-order valence-corrected chi connectivity index (χ1v) is 15.2. The monoisotopic (exact) mass is 560 g/mol. The third-order valence-electron chi connectivity index (χ3n) is 8.08. The normalized spacial score (nSPS) is 12.7. The number of hydrogen-bond donors (Lipinski definition) is 2. The van der Waals surface area contributed by atoms with Gasteiger partial charge in [0.05, 0.1) is 6.04 Å². The zero-order chi connectivity index (χ0) is 28.5. The average molecular weight is 561 g/mol. The smallest absolute Gasteiger partial charge is 0.0504 e. The van der Waals surface area contributed by atoms with Crippen LogP contribution in [0.15, 0.2) is 140 Å². The van der Waals surface area contributed by atoms with Crippen LogP contribution >= 0.6 is 11.3 Å². The summed E-state index contributed by atoms with van der Waals surface area (Å²) in [6.07, 6.45) is 2.16. The fourth-order valence-electron chi connectivity index (χ4n) is 5.93. The van der Waals surface area contributed by atoms with Crippen LogP contribution in [0, 0.1) is 6.92 Å². The van der Waals surface area contributed by atoms with Crippen LogP contribution in [0.3, 0.4) is 0 Å². The Labute approximate surface area is 250 Å². The van der Waals surface area contributed by atoms with Crippen molar-refractivity contribution in [3.05, 3.63) is 162 Å². The van der Waals surface area contributed by atoms with Crippen molar-refractivity contribution in [3.63, 3.8) is 0 Å². The standard InChI is InChI=1S/C39H32N2S/c1-26-22-35-33-18-10-11-19-38(33)42-39(35)23-34(26)31-20-21-32(30-17-9-8-16-29(30)31)37(41-25-27-12-4-2-5-13-27)24-36(40)28-14-6-3-7-15-28/h2-24,36,41H,25,40H2,1H3/b37-24-. The molecule has 7 aromatic rings. The molecule has 6 aromatic carbocycles. The van der Waals surface area contributed by atoms with Crippen molar-refractivity contribution in [2.75, 3.05) is 0 Å². The largest absolute Gasteiger partial charge is 0.381 e. The molecular weight excluding hydrogens is 529 g/mol. The quantitative estimate of drug-likeness (QED) is 0.204. The lowest BCUT2D eigenvalue weighted by atomic mass is 9.90. The molecule has 0 aliphatic heterocycles. The van der Waals surface area contributed by atoms with Gasteiger partial charge in [0.1, 0.15) is 0 Å². The molecule has 7 rings (SSSR count). The number of fused-ring (bicyclic) bond motifs is 4. The first-order valence-electron chi connectivity index (χ1n) is 14.4. The molecule has 0 aliphatic rings. The van der Waals surface area contributed by atoms with Gasteiger partial charge in [0.25, 0.3) is 0 Å². The molecule has 204 valence electrons. The summed E-state index contributed by atoms with van der Waals surface area (Å²) >= 11 is 1.87. The lowest BCUT2D eigenvalue weighted by Gasteiger charge is -2.19. The van der Waals surface area contributed by atoms with Gasteiger partial charge < -0.3 is 11.1 Å². The maximum atomic E-state index is 6.76. The molecule has 1 heterocycles. The fourth-order valence-corrected chi connectivity index (χ4v) is 7.05. The minimum atomic E-state index is -0.236. The average Bonchev–Trinajstić information content (AvgIpc) is 3.40. The molecule has 3 N–H and O–H groups in total. The minimum Gasteiger partial charge on any atom is -0.381 e. The van der Waals surface area contributed by atoms with Gasteiger partial charge in [-0.3, -0.25) is 0 Å². The van der Waals surface area contributed by atoms with Crippen LogP contribution in [-0.4, -0.2) is 0 Å². The van der Waals surface area contributed by atoms with Gasteiger partial charge >= 0.3 is 0 Å². The number of nitrogens with one attached hydrogen (secondary N) is 1. The molecule has 1 aromatic heterocycles. The van der Waals surface area contributed by atoms with Gasteiger partial charge in [0, 0.05) is 38.0 Å². The molecule has 0 spiro atoms. The molecule has 42 heavy (non-hydrogen) atoms. The lowest BCUT2D eigenvalue weighted by molar-refractivity contribution is 0.859. The zero-order valence-corrected chi connectivity index (χ0v) is 24.4. The van der Waals surface area contributed by atoms with Crippen LogP contribution in [-0.2, 0) is 6.54 Å². The number of aryl methyl sites for hydroxylation is 1. The van der Waals surface area contributed by atoms with Crippen LogP contribution in [0.2, 0.25) is 0 Å². The van der Waals surface area contributed by atoms with Crippen molar-refractivity contribution in [1.82, 2.24) is 5.32 Å². The first kappa shape index (κ1) is 26.2. The fraction of sp³-hybridized carbons (Fsp3) is 0.0769. The van der Waals surface area contributed by atoms with Crippen LogP contribution in [0.5, 0.6) is 0 Å². The van der Waals surface area contributed by atoms with E-state index in [0.29, 0.717) is 6.54 Å². The molecule has 0 fully saturated rings. The molecule has 0 radical (unpaired) electrons. The zero-order valence-electron chi connectivity index (χ0n) is 23.5. The van der Waals surface area contributed by atoms with E-state index in [-0.39, 0.29) is 6.04 Å². The third-order valence-corrected chi connectivity index (χ3v) is 9.22. The van der Waals surface area contributed by atoms with Gasteiger partial charge in [-0.05, 0) is 69.8 Å². The van der Waals surface area contributed by atoms with E-state index in [1.165, 1.54) is 53.2 Å². The van der Waals surface area contributed by atoms with Crippen LogP contribution in [0.25, 0.3) is 47.8 Å². The molecule has 0 bridgehead atoms. The van der Waals surface area contributed by atoms with Gasteiger partial charge in [-0.15, -0.1) is 11.3 Å². The van der Waals surface area contributed by atoms with Crippen molar-refractivity contribution >= 4 is 48.0 Å². The number of hydrogen-bond acceptors (Lipinski definition) is 3. The molecule has 0 saturated heterocycles. The lowest BCUT2D eigenvalue weighted by Crippen LogP contribution is -2.16. The summed E-state index contributed by atoms with van der Waals surface area (Å²) in [6.45, 7) is 2.95. The Morgan fingerprint density at radius 3 is 2.12 bits per heavy atom. The summed E-state index contributed by atoms with van der Waals surface area (Å²) < 4.78 is 2.65. The molecule has 1 atom stereocenters. The van der Waals surface area contributed by atoms with Crippen LogP contribution in [0.1, 0.15) is 28.3 Å². The molecule has 1 unspecified atom stereocenters. The van der Waals surface area contributed by atoms with Gasteiger partial charge in [-0.2, -0.15) is 0 Å². The van der Waals surface area contributed by atoms with E-state index >= 15 is 0 Å². The predicted octanol–water partition coefficient (Wildman–Crippen LogP) is 10.0. The molecular formula is C39H32N2S. The number of rotatable bonds is 7. The second-order valence-electron chi connectivity index (χ2n) is 10.8. The van der Waals surface area contributed by atoms with Crippen LogP contribution < -0.4 is 11.1 Å². The Kier molecular flexibility index (Phi) is 7.05. The second kappa shape index (κ2) is 11.3. The highest BCUT2D eigenvalue weighted by Crippen LogP contribution is 2.41. The van der Waals surface area contributed by atoms with Crippen LogP contribution in [0.4, 0.5) is 0 Å². The topological polar surface area (TPSA) is 38.0 Å². The molecule has 0 saturated carbocycles. The Bertz CT molecular complexity index is 2060. The van der Waals surface area contributed by atoms with Crippen molar-refractivity contribution in [2.24, 2.45) is 5.73 Å².